The molecule has 0 aromatic carbocycles. The van der Waals surface area contributed by atoms with Crippen LogP contribution in [0.15, 0.2) is 0 Å². The second-order valence-corrected chi connectivity index (χ2v) is 5.24. The second-order valence-electron chi connectivity index (χ2n) is 4.88. The number of carbonyl (C=O) groups excluding carboxylic acids is 2. The van der Waals surface area contributed by atoms with Gasteiger partial charge in [0.05, 0.1) is 6.67 Å². The number of aliphatic carboxylic acids is 1. The summed E-state index contributed by atoms with van der Waals surface area (Å²) in [5.74, 6) is -1.68. The third-order valence-electron chi connectivity index (χ3n) is 1.96. The third kappa shape index (κ3) is 6.90. The van der Waals surface area contributed by atoms with Gasteiger partial charge in [0.1, 0.15) is 11.6 Å². The van der Waals surface area contributed by atoms with Gasteiger partial charge in [-0.25, -0.2) is 9.59 Å². The van der Waals surface area contributed by atoms with Crippen molar-refractivity contribution >= 4 is 30.6 Å². The minimum Gasteiger partial charge on any atom is -0.480 e. The summed E-state index contributed by atoms with van der Waals surface area (Å²) in [6.45, 7) is 6.01. The van der Waals surface area contributed by atoms with Crippen molar-refractivity contribution in [2.75, 3.05) is 12.4 Å². The van der Waals surface area contributed by atoms with E-state index in [4.69, 9.17) is 9.84 Å². The molecule has 0 aromatic rings. The molecule has 0 fully saturated rings. The maximum absolute atomic E-state index is 11.9. The number of carboxylic acids is 1. The number of hydrogen-bond acceptors (Lipinski definition) is 5. The molecule has 0 radical (unpaired) electrons. The highest BCUT2D eigenvalue weighted by molar-refractivity contribution is 7.80. The number of nitrogens with zero attached hydrogens (tertiary/aromatic N) is 1. The summed E-state index contributed by atoms with van der Waals surface area (Å²) in [4.78, 5) is 34.8. The summed E-state index contributed by atoms with van der Waals surface area (Å²) < 4.78 is 5.10. The van der Waals surface area contributed by atoms with E-state index < -0.39 is 23.7 Å². The standard InChI is InChI=1S/C11H20N2O5S/c1-7(14)12-6-13(8(5-19)9(15)16)10(17)18-11(2,3)4/h8,19H,5-6H2,1-4H3,(H,12,14)(H,15,16). The first-order valence-electron chi connectivity index (χ1n) is 5.66. The van der Waals surface area contributed by atoms with Crippen LogP contribution < -0.4 is 5.32 Å². The number of nitrogens with one attached hydrogen (secondary N) is 1. The fraction of sp³-hybridized carbons (Fsp3) is 0.727. The molecule has 1 unspecified atom stereocenters. The van der Waals surface area contributed by atoms with Crippen molar-refractivity contribution in [2.24, 2.45) is 0 Å². The molecule has 19 heavy (non-hydrogen) atoms. The molecule has 0 bridgehead atoms. The fourth-order valence-electron chi connectivity index (χ4n) is 1.13. The quantitative estimate of drug-likeness (QED) is 0.512. The number of rotatable bonds is 5. The zero-order valence-electron chi connectivity index (χ0n) is 11.5. The highest BCUT2D eigenvalue weighted by Crippen LogP contribution is 2.12. The fourth-order valence-corrected chi connectivity index (χ4v) is 1.48. The third-order valence-corrected chi connectivity index (χ3v) is 2.31. The predicted octanol–water partition coefficient (Wildman–Crippen LogP) is 0.700. The van der Waals surface area contributed by atoms with Gasteiger partial charge in [0.25, 0.3) is 0 Å². The van der Waals surface area contributed by atoms with E-state index >= 15 is 0 Å². The van der Waals surface area contributed by atoms with Crippen LogP contribution >= 0.6 is 12.6 Å². The van der Waals surface area contributed by atoms with Crippen LogP contribution in [0, 0.1) is 0 Å². The van der Waals surface area contributed by atoms with Crippen LogP contribution in [-0.2, 0) is 14.3 Å². The van der Waals surface area contributed by atoms with E-state index in [0.717, 1.165) is 4.90 Å². The molecular weight excluding hydrogens is 272 g/mol. The number of thiol groups is 1. The van der Waals surface area contributed by atoms with Gasteiger partial charge in [-0.2, -0.15) is 12.6 Å². The molecule has 1 atom stereocenters. The Hall–Kier alpha value is -1.44. The van der Waals surface area contributed by atoms with Crippen LogP contribution in [0.1, 0.15) is 27.7 Å². The van der Waals surface area contributed by atoms with E-state index in [1.54, 1.807) is 20.8 Å². The largest absolute Gasteiger partial charge is 0.480 e. The highest BCUT2D eigenvalue weighted by atomic mass is 32.1. The molecule has 7 nitrogen and oxygen atoms in total. The average Bonchev–Trinajstić information content (AvgIpc) is 2.20. The molecular formula is C11H20N2O5S. The monoisotopic (exact) mass is 292 g/mol. The van der Waals surface area contributed by atoms with E-state index in [9.17, 15) is 14.4 Å². The first kappa shape index (κ1) is 17.6. The zero-order chi connectivity index (χ0) is 15.2. The van der Waals surface area contributed by atoms with Crippen molar-refractivity contribution in [3.63, 3.8) is 0 Å². The summed E-state index contributed by atoms with van der Waals surface area (Å²) in [6.07, 6.45) is -0.817. The maximum atomic E-state index is 11.9. The van der Waals surface area contributed by atoms with Crippen molar-refractivity contribution in [1.82, 2.24) is 10.2 Å². The lowest BCUT2D eigenvalue weighted by molar-refractivity contribution is -0.142. The van der Waals surface area contributed by atoms with Crippen LogP contribution in [-0.4, -0.2) is 52.0 Å². The van der Waals surface area contributed by atoms with Gasteiger partial charge in [0.15, 0.2) is 0 Å². The van der Waals surface area contributed by atoms with E-state index in [1.807, 2.05) is 0 Å². The average molecular weight is 292 g/mol. The Morgan fingerprint density at radius 2 is 1.89 bits per heavy atom. The molecule has 0 saturated carbocycles. The molecule has 110 valence electrons. The lowest BCUT2D eigenvalue weighted by atomic mass is 10.2. The van der Waals surface area contributed by atoms with Crippen LogP contribution in [0.2, 0.25) is 0 Å². The van der Waals surface area contributed by atoms with Crippen LogP contribution in [0.25, 0.3) is 0 Å². The normalized spacial score (nSPS) is 12.5. The first-order chi connectivity index (χ1) is 8.58. The van der Waals surface area contributed by atoms with Crippen LogP contribution in [0.5, 0.6) is 0 Å². The molecule has 0 heterocycles. The lowest BCUT2D eigenvalue weighted by Crippen LogP contribution is -2.52. The molecule has 0 spiro atoms. The van der Waals surface area contributed by atoms with Crippen molar-refractivity contribution in [2.45, 2.75) is 39.3 Å². The van der Waals surface area contributed by atoms with Crippen molar-refractivity contribution in [3.05, 3.63) is 0 Å². The van der Waals surface area contributed by atoms with Gasteiger partial charge < -0.3 is 15.2 Å². The van der Waals surface area contributed by atoms with Gasteiger partial charge in [0, 0.05) is 12.7 Å². The minimum absolute atomic E-state index is 0.0891. The molecule has 0 aliphatic carbocycles. The van der Waals surface area contributed by atoms with Crippen LogP contribution in [0.4, 0.5) is 4.79 Å². The van der Waals surface area contributed by atoms with Crippen LogP contribution in [0.3, 0.4) is 0 Å². The number of carboxylic acid groups (broad SMARTS) is 1. The number of ether oxygens (including phenoxy) is 1. The molecule has 2 amide bonds. The van der Waals surface area contributed by atoms with Gasteiger partial charge in [0.2, 0.25) is 5.91 Å². The van der Waals surface area contributed by atoms with Gasteiger partial charge in [-0.05, 0) is 20.8 Å². The van der Waals surface area contributed by atoms with E-state index in [2.05, 4.69) is 17.9 Å². The first-order valence-corrected chi connectivity index (χ1v) is 6.29. The Morgan fingerprint density at radius 1 is 1.37 bits per heavy atom. The van der Waals surface area contributed by atoms with Gasteiger partial charge in [-0.1, -0.05) is 0 Å². The Labute approximate surface area is 117 Å². The van der Waals surface area contributed by atoms with Crippen molar-refractivity contribution in [3.8, 4) is 0 Å². The Balaban J connectivity index is 4.98. The molecule has 2 N–H and O–H groups in total. The Bertz CT molecular complexity index is 353. The Kier molecular flexibility index (Phi) is 6.68. The number of amides is 2. The molecule has 0 aliphatic rings. The molecule has 0 rings (SSSR count). The van der Waals surface area contributed by atoms with Crippen molar-refractivity contribution in [1.29, 1.82) is 0 Å². The van der Waals surface area contributed by atoms with E-state index in [0.29, 0.717) is 0 Å². The highest BCUT2D eigenvalue weighted by Gasteiger charge is 2.32. The topological polar surface area (TPSA) is 95.9 Å². The van der Waals surface area contributed by atoms with Gasteiger partial charge >= 0.3 is 12.1 Å². The number of hydrogen-bond donors (Lipinski definition) is 3. The summed E-state index contributed by atoms with van der Waals surface area (Å²) in [6, 6.07) is -1.18. The second kappa shape index (κ2) is 7.22. The van der Waals surface area contributed by atoms with Gasteiger partial charge in [-0.15, -0.1) is 0 Å². The summed E-state index contributed by atoms with van der Waals surface area (Å²) in [5.41, 5.74) is -0.759. The predicted molar refractivity (Wildman–Crippen MR) is 72.0 cm³/mol. The maximum Gasteiger partial charge on any atom is 0.412 e. The summed E-state index contributed by atoms with van der Waals surface area (Å²) in [5, 5.41) is 11.4. The smallest absolute Gasteiger partial charge is 0.412 e. The van der Waals surface area contributed by atoms with E-state index in [-0.39, 0.29) is 18.3 Å². The SMILES string of the molecule is CC(=O)NCN(C(=O)OC(C)(C)C)C(CS)C(=O)O. The van der Waals surface area contributed by atoms with E-state index in [1.165, 1.54) is 6.92 Å². The lowest BCUT2D eigenvalue weighted by Gasteiger charge is -2.30. The van der Waals surface area contributed by atoms with Gasteiger partial charge in [-0.3, -0.25) is 9.69 Å². The number of carbonyl (C=O) groups is 3. The molecule has 8 heteroatoms. The van der Waals surface area contributed by atoms with Crippen molar-refractivity contribution < 1.29 is 24.2 Å². The zero-order valence-corrected chi connectivity index (χ0v) is 12.4. The molecule has 0 aliphatic heterocycles. The molecule has 0 saturated heterocycles. The Morgan fingerprint density at radius 3 is 2.21 bits per heavy atom. The minimum atomic E-state index is -1.22. The summed E-state index contributed by atoms with van der Waals surface area (Å²) >= 11 is 3.90. The summed E-state index contributed by atoms with van der Waals surface area (Å²) in [7, 11) is 0. The molecule has 0 aromatic heterocycles.